The molecule has 3 aromatic rings. The van der Waals surface area contributed by atoms with Crippen LogP contribution in [-0.2, 0) is 13.1 Å². The number of benzene rings is 2. The lowest BCUT2D eigenvalue weighted by Crippen LogP contribution is -2.33. The topological polar surface area (TPSA) is 63.1 Å². The Bertz CT molecular complexity index is 990. The summed E-state index contributed by atoms with van der Waals surface area (Å²) in [7, 11) is 0. The van der Waals surface area contributed by atoms with Crippen molar-refractivity contribution >= 4 is 5.91 Å². The van der Waals surface area contributed by atoms with Crippen molar-refractivity contribution in [2.24, 2.45) is 0 Å². The normalized spacial score (nSPS) is 15.3. The van der Waals surface area contributed by atoms with Crippen LogP contribution in [0.2, 0.25) is 0 Å². The van der Waals surface area contributed by atoms with Crippen LogP contribution < -0.4 is 5.32 Å². The molecule has 4 rings (SSSR count). The van der Waals surface area contributed by atoms with Crippen LogP contribution in [0.15, 0.2) is 60.8 Å². The SMILES string of the molecule is CC(C)NC(=O)c1cccc(C2CCN(Cc3cn(Cc4ccccc4)nn3)CC2)c1. The highest BCUT2D eigenvalue weighted by Crippen LogP contribution is 2.29. The lowest BCUT2D eigenvalue weighted by Gasteiger charge is -2.31. The third-order valence-electron chi connectivity index (χ3n) is 5.79. The second-order valence-electron chi connectivity index (χ2n) is 8.70. The molecule has 0 atom stereocenters. The minimum Gasteiger partial charge on any atom is -0.350 e. The van der Waals surface area contributed by atoms with Gasteiger partial charge in [-0.05, 0) is 69.0 Å². The van der Waals surface area contributed by atoms with Gasteiger partial charge in [0.2, 0.25) is 0 Å². The number of rotatable bonds is 7. The van der Waals surface area contributed by atoms with Crippen LogP contribution in [0.5, 0.6) is 0 Å². The van der Waals surface area contributed by atoms with E-state index >= 15 is 0 Å². The van der Waals surface area contributed by atoms with E-state index in [-0.39, 0.29) is 11.9 Å². The molecule has 31 heavy (non-hydrogen) atoms. The number of carbonyl (C=O) groups excluding carboxylic acids is 1. The third kappa shape index (κ3) is 5.79. The fourth-order valence-corrected chi connectivity index (χ4v) is 4.19. The average Bonchev–Trinajstić information content (AvgIpc) is 3.21. The van der Waals surface area contributed by atoms with Gasteiger partial charge in [-0.3, -0.25) is 9.69 Å². The highest BCUT2D eigenvalue weighted by atomic mass is 16.1. The number of nitrogens with one attached hydrogen (secondary N) is 1. The summed E-state index contributed by atoms with van der Waals surface area (Å²) in [4.78, 5) is 14.8. The molecule has 0 spiro atoms. The maximum atomic E-state index is 12.3. The number of aromatic nitrogens is 3. The number of likely N-dealkylation sites (tertiary alicyclic amines) is 1. The van der Waals surface area contributed by atoms with Gasteiger partial charge in [0, 0.05) is 18.2 Å². The van der Waals surface area contributed by atoms with Crippen molar-refractivity contribution in [2.45, 2.75) is 51.7 Å². The summed E-state index contributed by atoms with van der Waals surface area (Å²) < 4.78 is 1.91. The first-order chi connectivity index (χ1) is 15.1. The molecule has 1 aromatic heterocycles. The number of hydrogen-bond donors (Lipinski definition) is 1. The molecule has 6 nitrogen and oxygen atoms in total. The van der Waals surface area contributed by atoms with Crippen molar-refractivity contribution in [3.8, 4) is 0 Å². The molecule has 1 aliphatic rings. The number of hydrogen-bond acceptors (Lipinski definition) is 4. The molecular formula is C25H31N5O. The third-order valence-corrected chi connectivity index (χ3v) is 5.79. The summed E-state index contributed by atoms with van der Waals surface area (Å²) in [5.41, 5.74) is 4.26. The highest BCUT2D eigenvalue weighted by molar-refractivity contribution is 5.94. The molecule has 0 saturated carbocycles. The van der Waals surface area contributed by atoms with Gasteiger partial charge < -0.3 is 5.32 Å². The Labute approximate surface area is 184 Å². The van der Waals surface area contributed by atoms with Crippen LogP contribution in [0.1, 0.15) is 59.8 Å². The predicted molar refractivity (Wildman–Crippen MR) is 122 cm³/mol. The first kappa shape index (κ1) is 21.2. The zero-order chi connectivity index (χ0) is 21.6. The Morgan fingerprint density at radius 2 is 1.84 bits per heavy atom. The Balaban J connectivity index is 1.30. The van der Waals surface area contributed by atoms with Crippen LogP contribution in [0.4, 0.5) is 0 Å². The predicted octanol–water partition coefficient (Wildman–Crippen LogP) is 3.84. The maximum Gasteiger partial charge on any atom is 0.251 e. The van der Waals surface area contributed by atoms with Gasteiger partial charge in [-0.2, -0.15) is 0 Å². The van der Waals surface area contributed by atoms with E-state index in [1.54, 1.807) is 0 Å². The molecule has 1 aliphatic heterocycles. The Hall–Kier alpha value is -2.99. The molecule has 1 fully saturated rings. The molecule has 2 aromatic carbocycles. The van der Waals surface area contributed by atoms with Gasteiger partial charge in [-0.15, -0.1) is 5.10 Å². The van der Waals surface area contributed by atoms with Crippen molar-refractivity contribution in [1.82, 2.24) is 25.2 Å². The second kappa shape index (κ2) is 9.88. The van der Waals surface area contributed by atoms with E-state index in [4.69, 9.17) is 0 Å². The first-order valence-corrected chi connectivity index (χ1v) is 11.1. The van der Waals surface area contributed by atoms with Gasteiger partial charge in [-0.25, -0.2) is 4.68 Å². The van der Waals surface area contributed by atoms with Crippen LogP contribution in [0.3, 0.4) is 0 Å². The largest absolute Gasteiger partial charge is 0.350 e. The number of nitrogens with zero attached hydrogens (tertiary/aromatic N) is 4. The van der Waals surface area contributed by atoms with Crippen molar-refractivity contribution < 1.29 is 4.79 Å². The van der Waals surface area contributed by atoms with E-state index in [1.165, 1.54) is 11.1 Å². The second-order valence-corrected chi connectivity index (χ2v) is 8.70. The van der Waals surface area contributed by atoms with Gasteiger partial charge in [0.05, 0.1) is 18.4 Å². The van der Waals surface area contributed by atoms with Crippen LogP contribution in [-0.4, -0.2) is 44.9 Å². The summed E-state index contributed by atoms with van der Waals surface area (Å²) >= 11 is 0. The van der Waals surface area contributed by atoms with Crippen molar-refractivity contribution in [1.29, 1.82) is 0 Å². The summed E-state index contributed by atoms with van der Waals surface area (Å²) in [6, 6.07) is 18.6. The lowest BCUT2D eigenvalue weighted by molar-refractivity contribution is 0.0943. The fourth-order valence-electron chi connectivity index (χ4n) is 4.19. The molecule has 1 amide bonds. The van der Waals surface area contributed by atoms with Crippen molar-refractivity contribution in [3.05, 3.63) is 83.2 Å². The van der Waals surface area contributed by atoms with Gasteiger partial charge >= 0.3 is 0 Å². The molecule has 2 heterocycles. The molecule has 1 saturated heterocycles. The molecule has 1 N–H and O–H groups in total. The smallest absolute Gasteiger partial charge is 0.251 e. The van der Waals surface area contributed by atoms with Crippen LogP contribution in [0.25, 0.3) is 0 Å². The molecule has 6 heteroatoms. The molecule has 0 aliphatic carbocycles. The van der Waals surface area contributed by atoms with Crippen LogP contribution >= 0.6 is 0 Å². The van der Waals surface area contributed by atoms with E-state index in [1.807, 2.05) is 48.9 Å². The van der Waals surface area contributed by atoms with Crippen molar-refractivity contribution in [2.75, 3.05) is 13.1 Å². The Morgan fingerprint density at radius 3 is 2.58 bits per heavy atom. The van der Waals surface area contributed by atoms with Crippen LogP contribution in [0, 0.1) is 0 Å². The van der Waals surface area contributed by atoms with E-state index in [0.29, 0.717) is 5.92 Å². The zero-order valence-electron chi connectivity index (χ0n) is 18.4. The molecule has 0 radical (unpaired) electrons. The zero-order valence-corrected chi connectivity index (χ0v) is 18.4. The quantitative estimate of drug-likeness (QED) is 0.634. The fraction of sp³-hybridized carbons (Fsp3) is 0.400. The van der Waals surface area contributed by atoms with E-state index in [2.05, 4.69) is 51.0 Å². The minimum absolute atomic E-state index is 0.00729. The van der Waals surface area contributed by atoms with E-state index < -0.39 is 0 Å². The Kier molecular flexibility index (Phi) is 6.77. The maximum absolute atomic E-state index is 12.3. The monoisotopic (exact) mass is 417 g/mol. The van der Waals surface area contributed by atoms with E-state index in [0.717, 1.165) is 50.3 Å². The van der Waals surface area contributed by atoms with Gasteiger partial charge in [0.1, 0.15) is 0 Å². The number of piperidine rings is 1. The molecule has 162 valence electrons. The number of carbonyl (C=O) groups is 1. The Morgan fingerprint density at radius 1 is 1.06 bits per heavy atom. The van der Waals surface area contributed by atoms with E-state index in [9.17, 15) is 4.79 Å². The number of amides is 1. The van der Waals surface area contributed by atoms with Crippen molar-refractivity contribution in [3.63, 3.8) is 0 Å². The van der Waals surface area contributed by atoms with Gasteiger partial charge in [0.25, 0.3) is 5.91 Å². The standard InChI is InChI=1S/C25H31N5O/c1-19(2)26-25(31)23-10-6-9-22(15-23)21-11-13-29(14-12-21)17-24-18-30(28-27-24)16-20-7-4-3-5-8-20/h3-10,15,18-19,21H,11-14,16-17H2,1-2H3,(H,26,31). The van der Waals surface area contributed by atoms with Gasteiger partial charge in [-0.1, -0.05) is 47.7 Å². The molecular weight excluding hydrogens is 386 g/mol. The lowest BCUT2D eigenvalue weighted by atomic mass is 9.88. The van der Waals surface area contributed by atoms with Gasteiger partial charge in [0.15, 0.2) is 0 Å². The summed E-state index contributed by atoms with van der Waals surface area (Å²) in [5, 5.41) is 11.6. The molecule has 0 unspecified atom stereocenters. The minimum atomic E-state index is 0.00729. The molecule has 0 bridgehead atoms. The summed E-state index contributed by atoms with van der Waals surface area (Å²) in [5.74, 6) is 0.504. The summed E-state index contributed by atoms with van der Waals surface area (Å²) in [6.07, 6.45) is 4.23. The first-order valence-electron chi connectivity index (χ1n) is 11.1. The summed E-state index contributed by atoms with van der Waals surface area (Å²) in [6.45, 7) is 7.60. The highest BCUT2D eigenvalue weighted by Gasteiger charge is 2.22. The average molecular weight is 418 g/mol.